The van der Waals surface area contributed by atoms with Crippen LogP contribution in [0, 0.1) is 24.0 Å². The lowest BCUT2D eigenvalue weighted by Crippen LogP contribution is -2.14. The molecule has 0 aliphatic heterocycles. The van der Waals surface area contributed by atoms with Crippen molar-refractivity contribution in [2.24, 2.45) is 0 Å². The fraction of sp³-hybridized carbons (Fsp3) is 0.250. The number of rotatable bonds is 5. The highest BCUT2D eigenvalue weighted by atomic mass is 32.2. The number of nitro groups is 1. The van der Waals surface area contributed by atoms with Gasteiger partial charge in [-0.05, 0) is 25.5 Å². The van der Waals surface area contributed by atoms with Crippen molar-refractivity contribution in [1.29, 1.82) is 0 Å². The zero-order chi connectivity index (χ0) is 15.4. The third-order valence-electron chi connectivity index (χ3n) is 2.53. The molecule has 0 fully saturated rings. The summed E-state index contributed by atoms with van der Waals surface area (Å²) in [5.41, 5.74) is 1.22. The third kappa shape index (κ3) is 4.23. The molecule has 2 aromatic rings. The SMILES string of the molecule is Cc1nnc(SCC(=O)Nc2ccc([N+](=O)[O-])cc2C)s1. The minimum absolute atomic E-state index is 0.00390. The zero-order valence-electron chi connectivity index (χ0n) is 11.3. The summed E-state index contributed by atoms with van der Waals surface area (Å²) in [7, 11) is 0. The van der Waals surface area contributed by atoms with E-state index in [0.29, 0.717) is 11.3 Å². The maximum absolute atomic E-state index is 11.9. The molecular formula is C12H12N4O3S2. The van der Waals surface area contributed by atoms with Crippen molar-refractivity contribution >= 4 is 40.4 Å². The quantitative estimate of drug-likeness (QED) is 0.516. The summed E-state index contributed by atoms with van der Waals surface area (Å²) in [4.78, 5) is 22.0. The number of benzene rings is 1. The number of thioether (sulfide) groups is 1. The van der Waals surface area contributed by atoms with Gasteiger partial charge in [0.05, 0.1) is 10.7 Å². The molecule has 0 unspecified atom stereocenters. The second-order valence-electron chi connectivity index (χ2n) is 4.18. The highest BCUT2D eigenvalue weighted by Gasteiger charge is 2.11. The average Bonchev–Trinajstić information content (AvgIpc) is 2.84. The number of nitrogens with zero attached hydrogens (tertiary/aromatic N) is 3. The molecular weight excluding hydrogens is 312 g/mol. The first kappa shape index (κ1) is 15.4. The summed E-state index contributed by atoms with van der Waals surface area (Å²) in [6.45, 7) is 3.56. The summed E-state index contributed by atoms with van der Waals surface area (Å²) >= 11 is 2.74. The first-order chi connectivity index (χ1) is 9.95. The van der Waals surface area contributed by atoms with Crippen LogP contribution in [0.4, 0.5) is 11.4 Å². The normalized spacial score (nSPS) is 10.4. The Labute approximate surface area is 128 Å². The van der Waals surface area contributed by atoms with E-state index in [1.54, 1.807) is 6.92 Å². The van der Waals surface area contributed by atoms with Gasteiger partial charge >= 0.3 is 0 Å². The number of amides is 1. The molecule has 0 aliphatic rings. The van der Waals surface area contributed by atoms with Gasteiger partial charge in [0.25, 0.3) is 5.69 Å². The van der Waals surface area contributed by atoms with E-state index in [9.17, 15) is 14.9 Å². The van der Waals surface area contributed by atoms with E-state index in [1.807, 2.05) is 6.92 Å². The molecule has 1 N–H and O–H groups in total. The van der Waals surface area contributed by atoms with Crippen LogP contribution in [0.1, 0.15) is 10.6 Å². The number of nitro benzene ring substituents is 1. The molecule has 9 heteroatoms. The largest absolute Gasteiger partial charge is 0.325 e. The molecule has 0 spiro atoms. The Kier molecular flexibility index (Phi) is 4.86. The van der Waals surface area contributed by atoms with Crippen LogP contribution in [-0.2, 0) is 4.79 Å². The second kappa shape index (κ2) is 6.64. The van der Waals surface area contributed by atoms with Gasteiger partial charge in [0.2, 0.25) is 5.91 Å². The van der Waals surface area contributed by atoms with E-state index in [2.05, 4.69) is 15.5 Å². The molecule has 7 nitrogen and oxygen atoms in total. The van der Waals surface area contributed by atoms with E-state index in [0.717, 1.165) is 9.35 Å². The van der Waals surface area contributed by atoms with Crippen molar-refractivity contribution in [1.82, 2.24) is 10.2 Å². The Morgan fingerprint density at radius 3 is 2.76 bits per heavy atom. The fourth-order valence-corrected chi connectivity index (χ4v) is 3.17. The second-order valence-corrected chi connectivity index (χ2v) is 6.58. The lowest BCUT2D eigenvalue weighted by Gasteiger charge is -2.07. The summed E-state index contributed by atoms with van der Waals surface area (Å²) in [5.74, 6) is 0.0234. The van der Waals surface area contributed by atoms with Crippen molar-refractivity contribution in [2.45, 2.75) is 18.2 Å². The van der Waals surface area contributed by atoms with E-state index in [4.69, 9.17) is 0 Å². The topological polar surface area (TPSA) is 98.0 Å². The highest BCUT2D eigenvalue weighted by Crippen LogP contribution is 2.24. The Morgan fingerprint density at radius 2 is 2.19 bits per heavy atom. The smallest absolute Gasteiger partial charge is 0.269 e. The molecule has 1 aromatic heterocycles. The molecule has 1 aromatic carbocycles. The number of nitrogens with one attached hydrogen (secondary N) is 1. The van der Waals surface area contributed by atoms with Crippen LogP contribution in [0.2, 0.25) is 0 Å². The van der Waals surface area contributed by atoms with Crippen molar-refractivity contribution in [2.75, 3.05) is 11.1 Å². The predicted molar refractivity (Wildman–Crippen MR) is 81.8 cm³/mol. The standard InChI is InChI=1S/C12H12N4O3S2/c1-7-5-9(16(18)19)3-4-10(7)13-11(17)6-20-12-15-14-8(2)21-12/h3-5H,6H2,1-2H3,(H,13,17). The molecule has 2 rings (SSSR count). The maximum Gasteiger partial charge on any atom is 0.269 e. The van der Waals surface area contributed by atoms with Gasteiger partial charge in [0, 0.05) is 17.8 Å². The van der Waals surface area contributed by atoms with Gasteiger partial charge in [0.15, 0.2) is 4.34 Å². The van der Waals surface area contributed by atoms with Gasteiger partial charge in [-0.2, -0.15) is 0 Å². The van der Waals surface area contributed by atoms with Gasteiger partial charge in [-0.15, -0.1) is 10.2 Å². The zero-order valence-corrected chi connectivity index (χ0v) is 13.0. The van der Waals surface area contributed by atoms with Crippen molar-refractivity contribution in [3.8, 4) is 0 Å². The molecule has 110 valence electrons. The van der Waals surface area contributed by atoms with Gasteiger partial charge in [-0.25, -0.2) is 0 Å². The molecule has 1 amide bonds. The molecule has 0 aliphatic carbocycles. The minimum atomic E-state index is -0.466. The van der Waals surface area contributed by atoms with E-state index in [1.165, 1.54) is 41.3 Å². The highest BCUT2D eigenvalue weighted by molar-refractivity contribution is 8.01. The van der Waals surface area contributed by atoms with E-state index in [-0.39, 0.29) is 17.3 Å². The number of hydrogen-bond donors (Lipinski definition) is 1. The summed E-state index contributed by atoms with van der Waals surface area (Å²) in [6, 6.07) is 4.33. The van der Waals surface area contributed by atoms with Crippen LogP contribution in [-0.4, -0.2) is 26.8 Å². The Hall–Kier alpha value is -2.00. The number of carbonyl (C=O) groups is 1. The van der Waals surface area contributed by atoms with Crippen LogP contribution in [0.3, 0.4) is 0 Å². The summed E-state index contributed by atoms with van der Waals surface area (Å²) in [6.07, 6.45) is 0. The van der Waals surface area contributed by atoms with Crippen LogP contribution in [0.25, 0.3) is 0 Å². The van der Waals surface area contributed by atoms with Crippen molar-refractivity contribution < 1.29 is 9.72 Å². The van der Waals surface area contributed by atoms with Crippen LogP contribution >= 0.6 is 23.1 Å². The molecule has 0 saturated heterocycles. The lowest BCUT2D eigenvalue weighted by molar-refractivity contribution is -0.384. The summed E-state index contributed by atoms with van der Waals surface area (Å²) in [5, 5.41) is 22.0. The molecule has 0 bridgehead atoms. The van der Waals surface area contributed by atoms with Crippen LogP contribution in [0.15, 0.2) is 22.5 Å². The van der Waals surface area contributed by atoms with E-state index < -0.39 is 4.92 Å². The molecule has 0 saturated carbocycles. The molecule has 0 radical (unpaired) electrons. The number of carbonyl (C=O) groups excluding carboxylic acids is 1. The maximum atomic E-state index is 11.9. The van der Waals surface area contributed by atoms with Crippen molar-refractivity contribution in [3.05, 3.63) is 38.9 Å². The average molecular weight is 324 g/mol. The van der Waals surface area contributed by atoms with E-state index >= 15 is 0 Å². The molecule has 0 atom stereocenters. The van der Waals surface area contributed by atoms with Gasteiger partial charge in [-0.1, -0.05) is 23.1 Å². The first-order valence-corrected chi connectivity index (χ1v) is 7.73. The Bertz CT molecular complexity index is 687. The lowest BCUT2D eigenvalue weighted by atomic mass is 10.2. The van der Waals surface area contributed by atoms with Crippen molar-refractivity contribution in [3.63, 3.8) is 0 Å². The number of hydrogen-bond acceptors (Lipinski definition) is 7. The third-order valence-corrected chi connectivity index (χ3v) is 4.50. The predicted octanol–water partition coefficient (Wildman–Crippen LogP) is 2.79. The van der Waals surface area contributed by atoms with Gasteiger partial charge in [0.1, 0.15) is 5.01 Å². The molecule has 1 heterocycles. The number of anilines is 1. The Balaban J connectivity index is 1.94. The monoisotopic (exact) mass is 324 g/mol. The number of aromatic nitrogens is 2. The fourth-order valence-electron chi connectivity index (χ4n) is 1.55. The Morgan fingerprint density at radius 1 is 1.43 bits per heavy atom. The number of aryl methyl sites for hydroxylation is 2. The first-order valence-electron chi connectivity index (χ1n) is 5.93. The minimum Gasteiger partial charge on any atom is -0.325 e. The van der Waals surface area contributed by atoms with Crippen LogP contribution < -0.4 is 5.32 Å². The molecule has 21 heavy (non-hydrogen) atoms. The summed E-state index contributed by atoms with van der Waals surface area (Å²) < 4.78 is 0.739. The van der Waals surface area contributed by atoms with Gasteiger partial charge < -0.3 is 5.32 Å². The number of non-ortho nitro benzene ring substituents is 1. The van der Waals surface area contributed by atoms with Crippen LogP contribution in [0.5, 0.6) is 0 Å². The van der Waals surface area contributed by atoms with Gasteiger partial charge in [-0.3, -0.25) is 14.9 Å².